The van der Waals surface area contributed by atoms with Gasteiger partial charge in [0.1, 0.15) is 5.82 Å². The maximum absolute atomic E-state index is 5.69. The van der Waals surface area contributed by atoms with Gasteiger partial charge < -0.3 is 5.73 Å². The van der Waals surface area contributed by atoms with E-state index in [0.29, 0.717) is 12.5 Å². The summed E-state index contributed by atoms with van der Waals surface area (Å²) >= 11 is 0. The molecule has 0 radical (unpaired) electrons. The first-order chi connectivity index (χ1) is 9.72. The van der Waals surface area contributed by atoms with E-state index in [2.05, 4.69) is 11.1 Å². The minimum Gasteiger partial charge on any atom is -0.330 e. The average molecular weight is 271 g/mol. The predicted molar refractivity (Wildman–Crippen MR) is 79.3 cm³/mol. The van der Waals surface area contributed by atoms with Crippen molar-refractivity contribution in [1.82, 2.24) is 9.97 Å². The molecule has 2 N–H and O–H groups in total. The quantitative estimate of drug-likeness (QED) is 0.919. The molecule has 3 heteroatoms. The molecule has 0 atom stereocenters. The van der Waals surface area contributed by atoms with Gasteiger partial charge in [-0.05, 0) is 75.3 Å². The van der Waals surface area contributed by atoms with E-state index in [1.807, 2.05) is 6.92 Å². The van der Waals surface area contributed by atoms with Crippen LogP contribution in [-0.2, 0) is 6.42 Å². The molecule has 0 aromatic carbocycles. The fraction of sp³-hybridized carbons (Fsp3) is 0.765. The third-order valence-electron chi connectivity index (χ3n) is 5.88. The Labute approximate surface area is 121 Å². The minimum absolute atomic E-state index is 0.678. The lowest BCUT2D eigenvalue weighted by molar-refractivity contribution is -0.00426. The van der Waals surface area contributed by atoms with Crippen LogP contribution in [0.4, 0.5) is 0 Å². The van der Waals surface area contributed by atoms with Gasteiger partial charge in [-0.15, -0.1) is 0 Å². The monoisotopic (exact) mass is 271 g/mol. The average Bonchev–Trinajstić information content (AvgIpc) is 2.37. The van der Waals surface area contributed by atoms with Crippen molar-refractivity contribution in [3.8, 4) is 0 Å². The summed E-state index contributed by atoms with van der Waals surface area (Å²) in [5.41, 5.74) is 8.17. The van der Waals surface area contributed by atoms with Crippen molar-refractivity contribution in [2.24, 2.45) is 29.4 Å². The summed E-state index contributed by atoms with van der Waals surface area (Å²) in [7, 11) is 0. The molecule has 0 amide bonds. The summed E-state index contributed by atoms with van der Waals surface area (Å²) in [5, 5.41) is 0. The summed E-state index contributed by atoms with van der Waals surface area (Å²) in [6, 6.07) is 2.26. The number of hydrogen-bond acceptors (Lipinski definition) is 3. The van der Waals surface area contributed by atoms with E-state index in [1.54, 1.807) is 0 Å². The summed E-state index contributed by atoms with van der Waals surface area (Å²) in [4.78, 5) is 9.36. The lowest BCUT2D eigenvalue weighted by Gasteiger charge is -2.54. The summed E-state index contributed by atoms with van der Waals surface area (Å²) < 4.78 is 0. The van der Waals surface area contributed by atoms with Crippen LogP contribution in [0.1, 0.15) is 55.2 Å². The summed E-state index contributed by atoms with van der Waals surface area (Å²) in [6.45, 7) is 2.71. The number of nitrogens with zero attached hydrogens (tertiary/aromatic N) is 2. The van der Waals surface area contributed by atoms with Gasteiger partial charge in [-0.3, -0.25) is 0 Å². The molecule has 4 fully saturated rings. The molecule has 0 spiro atoms. The molecule has 4 aliphatic carbocycles. The lowest BCUT2D eigenvalue weighted by Crippen LogP contribution is -2.44. The van der Waals surface area contributed by atoms with Gasteiger partial charge in [0.2, 0.25) is 0 Å². The minimum atomic E-state index is 0.678. The van der Waals surface area contributed by atoms with Crippen LogP contribution in [0.3, 0.4) is 0 Å². The molecule has 1 aromatic heterocycles. The van der Waals surface area contributed by atoms with Gasteiger partial charge in [-0.2, -0.15) is 0 Å². The Morgan fingerprint density at radius 1 is 1.05 bits per heavy atom. The second-order valence-electron chi connectivity index (χ2n) is 7.33. The molecule has 4 aliphatic rings. The molecule has 0 aliphatic heterocycles. The van der Waals surface area contributed by atoms with Gasteiger partial charge in [-0.25, -0.2) is 9.97 Å². The van der Waals surface area contributed by atoms with Crippen LogP contribution in [-0.4, -0.2) is 16.5 Å². The van der Waals surface area contributed by atoms with E-state index >= 15 is 0 Å². The fourth-order valence-electron chi connectivity index (χ4n) is 5.51. The molecule has 1 heterocycles. The van der Waals surface area contributed by atoms with Crippen LogP contribution in [0.5, 0.6) is 0 Å². The highest BCUT2D eigenvalue weighted by molar-refractivity contribution is 5.20. The van der Waals surface area contributed by atoms with E-state index in [1.165, 1.54) is 37.8 Å². The third-order valence-corrected chi connectivity index (χ3v) is 5.88. The normalized spacial score (nSPS) is 38.4. The predicted octanol–water partition coefficient (Wildman–Crippen LogP) is 2.83. The number of aryl methyl sites for hydroxylation is 1. The summed E-state index contributed by atoms with van der Waals surface area (Å²) in [6.07, 6.45) is 8.20. The Balaban J connectivity index is 1.67. The molecule has 0 unspecified atom stereocenters. The van der Waals surface area contributed by atoms with Gasteiger partial charge >= 0.3 is 0 Å². The maximum atomic E-state index is 5.69. The molecule has 5 rings (SSSR count). The number of aromatic nitrogens is 2. The number of hydrogen-bond donors (Lipinski definition) is 1. The van der Waals surface area contributed by atoms with Crippen LogP contribution >= 0.6 is 0 Å². The fourth-order valence-corrected chi connectivity index (χ4v) is 5.51. The first-order valence-electron chi connectivity index (χ1n) is 8.27. The molecule has 4 bridgehead atoms. The van der Waals surface area contributed by atoms with E-state index < -0.39 is 0 Å². The van der Waals surface area contributed by atoms with Gasteiger partial charge in [0.15, 0.2) is 0 Å². The molecule has 3 nitrogen and oxygen atoms in total. The number of nitrogens with two attached hydrogens (primary N) is 1. The van der Waals surface area contributed by atoms with Crippen molar-refractivity contribution < 1.29 is 0 Å². The Morgan fingerprint density at radius 3 is 2.30 bits per heavy atom. The second kappa shape index (κ2) is 4.80. The molecule has 108 valence electrons. The van der Waals surface area contributed by atoms with E-state index in [0.717, 1.165) is 41.6 Å². The SMILES string of the molecule is Cc1nc(CCN)cc(C2C3CC4CC(C3)CC2C4)n1. The van der Waals surface area contributed by atoms with Gasteiger partial charge in [0.05, 0.1) is 0 Å². The highest BCUT2D eigenvalue weighted by Gasteiger charge is 2.49. The lowest BCUT2D eigenvalue weighted by atomic mass is 9.51. The maximum Gasteiger partial charge on any atom is 0.125 e. The summed E-state index contributed by atoms with van der Waals surface area (Å²) in [5.74, 6) is 5.48. The molecule has 0 saturated heterocycles. The van der Waals surface area contributed by atoms with Gasteiger partial charge in [-0.1, -0.05) is 0 Å². The van der Waals surface area contributed by atoms with E-state index in [-0.39, 0.29) is 0 Å². The van der Waals surface area contributed by atoms with Gasteiger partial charge in [0.25, 0.3) is 0 Å². The molecule has 20 heavy (non-hydrogen) atoms. The van der Waals surface area contributed by atoms with Crippen molar-refractivity contribution in [2.75, 3.05) is 6.54 Å². The first kappa shape index (κ1) is 12.8. The molecular weight excluding hydrogens is 246 g/mol. The van der Waals surface area contributed by atoms with E-state index in [9.17, 15) is 0 Å². The smallest absolute Gasteiger partial charge is 0.125 e. The van der Waals surface area contributed by atoms with Crippen molar-refractivity contribution in [3.63, 3.8) is 0 Å². The van der Waals surface area contributed by atoms with Crippen molar-refractivity contribution in [1.29, 1.82) is 0 Å². The van der Waals surface area contributed by atoms with Crippen LogP contribution in [0.25, 0.3) is 0 Å². The Bertz CT molecular complexity index is 483. The largest absolute Gasteiger partial charge is 0.330 e. The highest BCUT2D eigenvalue weighted by atomic mass is 14.9. The Morgan fingerprint density at radius 2 is 1.70 bits per heavy atom. The van der Waals surface area contributed by atoms with Crippen LogP contribution < -0.4 is 5.73 Å². The molecule has 4 saturated carbocycles. The molecular formula is C17H25N3. The van der Waals surface area contributed by atoms with E-state index in [4.69, 9.17) is 10.7 Å². The topological polar surface area (TPSA) is 51.8 Å². The zero-order valence-corrected chi connectivity index (χ0v) is 12.4. The van der Waals surface area contributed by atoms with Crippen LogP contribution in [0.2, 0.25) is 0 Å². The second-order valence-corrected chi connectivity index (χ2v) is 7.33. The van der Waals surface area contributed by atoms with Crippen molar-refractivity contribution in [2.45, 2.75) is 51.4 Å². The standard InChI is InChI=1S/C17H25N3/c1-10-19-15(2-3-18)9-16(20-10)17-13-5-11-4-12(7-13)8-14(17)6-11/h9,11-14,17H,2-8,18H2,1H3. The Hall–Kier alpha value is -0.960. The zero-order chi connectivity index (χ0) is 13.7. The van der Waals surface area contributed by atoms with Gasteiger partial charge in [0, 0.05) is 23.7 Å². The first-order valence-corrected chi connectivity index (χ1v) is 8.27. The van der Waals surface area contributed by atoms with Crippen molar-refractivity contribution in [3.05, 3.63) is 23.3 Å². The highest BCUT2D eigenvalue weighted by Crippen LogP contribution is 2.59. The Kier molecular flexibility index (Phi) is 3.06. The number of rotatable bonds is 3. The van der Waals surface area contributed by atoms with Crippen LogP contribution in [0.15, 0.2) is 6.07 Å². The zero-order valence-electron chi connectivity index (χ0n) is 12.4. The third kappa shape index (κ3) is 2.07. The van der Waals surface area contributed by atoms with Crippen molar-refractivity contribution >= 4 is 0 Å². The molecule has 1 aromatic rings. The van der Waals surface area contributed by atoms with Crippen LogP contribution in [0, 0.1) is 30.6 Å².